The van der Waals surface area contributed by atoms with E-state index < -0.39 is 133 Å². The molecule has 10 N–H and O–H groups in total. The molecular formula is C36H53N7O6. The number of hydrogen-bond donors (Lipinski definition) is 7. The van der Waals surface area contributed by atoms with Crippen LogP contribution in [0.4, 0.5) is 0 Å². The lowest BCUT2D eigenvalue weighted by Crippen LogP contribution is -2.60. The predicted octanol–water partition coefficient (Wildman–Crippen LogP) is 0.833. The summed E-state index contributed by atoms with van der Waals surface area (Å²) in [4.78, 5) is 68.6. The Morgan fingerprint density at radius 3 is 1.86 bits per heavy atom. The highest BCUT2D eigenvalue weighted by atomic mass is 16.4. The number of piperidine rings is 1. The number of carbonyl (C=O) groups excluding carboxylic acids is 4. The molecule has 4 amide bonds. The van der Waals surface area contributed by atoms with E-state index in [2.05, 4.69) is 16.0 Å². The summed E-state index contributed by atoms with van der Waals surface area (Å²) in [5, 5.41) is 17.2. The predicted molar refractivity (Wildman–Crippen MR) is 187 cm³/mol. The number of amides is 4. The molecule has 0 aliphatic carbocycles. The Kier molecular flexibility index (Phi) is 10.3. The summed E-state index contributed by atoms with van der Waals surface area (Å²) in [6.45, 7) is 3.87. The molecule has 0 aromatic heterocycles. The fourth-order valence-electron chi connectivity index (χ4n) is 5.32. The van der Waals surface area contributed by atoms with Crippen molar-refractivity contribution in [1.29, 1.82) is 0 Å². The van der Waals surface area contributed by atoms with Crippen LogP contribution in [0.2, 0.25) is 0 Å². The highest BCUT2D eigenvalue weighted by Gasteiger charge is 2.40. The van der Waals surface area contributed by atoms with Gasteiger partial charge in [-0.05, 0) is 68.5 Å². The molecule has 13 heteroatoms. The van der Waals surface area contributed by atoms with Crippen LogP contribution in [0.15, 0.2) is 60.4 Å². The van der Waals surface area contributed by atoms with Gasteiger partial charge in [-0.2, -0.15) is 0 Å². The zero-order valence-corrected chi connectivity index (χ0v) is 27.8. The van der Waals surface area contributed by atoms with Crippen LogP contribution in [-0.4, -0.2) is 88.9 Å². The van der Waals surface area contributed by atoms with Gasteiger partial charge in [-0.15, -0.1) is 0 Å². The second-order valence-corrected chi connectivity index (χ2v) is 12.6. The molecule has 49 heavy (non-hydrogen) atoms. The molecule has 1 heterocycles. The summed E-state index contributed by atoms with van der Waals surface area (Å²) in [6, 6.07) is -12.4. The first-order valence-corrected chi connectivity index (χ1v) is 16.3. The van der Waals surface area contributed by atoms with Crippen molar-refractivity contribution in [2.75, 3.05) is 19.6 Å². The fourth-order valence-corrected chi connectivity index (χ4v) is 5.32. The van der Waals surface area contributed by atoms with Gasteiger partial charge in [-0.25, -0.2) is 0 Å². The minimum absolute atomic E-state index is 0.0170. The number of likely N-dealkylation sites (tertiary alicyclic amines) is 1. The number of aliphatic carboxylic acids is 1. The van der Waals surface area contributed by atoms with Gasteiger partial charge in [-0.3, -0.25) is 24.0 Å². The van der Waals surface area contributed by atoms with Crippen molar-refractivity contribution in [2.45, 2.75) is 94.9 Å². The Bertz CT molecular complexity index is 1880. The molecule has 4 atom stereocenters. The Morgan fingerprint density at radius 1 is 0.816 bits per heavy atom. The van der Waals surface area contributed by atoms with Crippen molar-refractivity contribution in [3.05, 3.63) is 71.6 Å². The third kappa shape index (κ3) is 12.3. The number of nitrogens with two attached hydrogens (primary N) is 3. The van der Waals surface area contributed by atoms with Crippen LogP contribution < -0.4 is 33.2 Å². The van der Waals surface area contributed by atoms with E-state index >= 15 is 0 Å². The number of rotatable bonds is 18. The van der Waals surface area contributed by atoms with Gasteiger partial charge in [-0.1, -0.05) is 74.3 Å². The molecule has 268 valence electrons. The molecule has 1 aliphatic rings. The average Bonchev–Trinajstić information content (AvgIpc) is 3.19. The Balaban J connectivity index is 1.96. The van der Waals surface area contributed by atoms with Crippen molar-refractivity contribution in [2.24, 2.45) is 23.1 Å². The maximum atomic E-state index is 14.2. The van der Waals surface area contributed by atoms with Crippen LogP contribution >= 0.6 is 0 Å². The first kappa shape index (κ1) is 26.5. The summed E-state index contributed by atoms with van der Waals surface area (Å²) in [5.41, 5.74) is 15.7. The highest BCUT2D eigenvalue weighted by Crippen LogP contribution is 2.21. The van der Waals surface area contributed by atoms with Crippen LogP contribution in [0.1, 0.15) is 77.2 Å². The summed E-state index contributed by atoms with van der Waals surface area (Å²) in [7, 11) is 0. The number of nitrogens with one attached hydrogen (secondary N) is 3. The SMILES string of the molecule is [2H]c1c([2H])c([2H])c(C[C@@H](N)C(=O)N[C@H](Cc2c([2H])c([2H])c([2H])c([2H])c2[2H])C(=O)N[C@H](CC(C)C)C(=O)N[C@H](CCCCN)C(=O)N2CCC(N)(C(=O)O)CC2)c([2H])c1[2H]. The first-order chi connectivity index (χ1) is 27.5. The van der Waals surface area contributed by atoms with Crippen LogP contribution in [-0.2, 0) is 36.8 Å². The maximum Gasteiger partial charge on any atom is 0.323 e. The molecule has 1 fully saturated rings. The Labute approximate surface area is 302 Å². The van der Waals surface area contributed by atoms with Gasteiger partial charge in [0.05, 0.1) is 19.7 Å². The van der Waals surface area contributed by atoms with E-state index in [0.717, 1.165) is 0 Å². The van der Waals surface area contributed by atoms with Gasteiger partial charge < -0.3 is 43.2 Å². The summed E-state index contributed by atoms with van der Waals surface area (Å²) < 4.78 is 81.2. The molecule has 2 aromatic carbocycles. The first-order valence-electron chi connectivity index (χ1n) is 21.3. The van der Waals surface area contributed by atoms with Crippen LogP contribution in [0.5, 0.6) is 0 Å². The molecule has 0 radical (unpaired) electrons. The minimum atomic E-state index is -1.74. The molecule has 1 aliphatic heterocycles. The van der Waals surface area contributed by atoms with Crippen molar-refractivity contribution < 1.29 is 42.8 Å². The van der Waals surface area contributed by atoms with E-state index in [1.165, 1.54) is 4.90 Å². The number of carbonyl (C=O) groups is 5. The van der Waals surface area contributed by atoms with Gasteiger partial charge in [0, 0.05) is 19.5 Å². The van der Waals surface area contributed by atoms with E-state index in [-0.39, 0.29) is 55.8 Å². The number of carboxylic acid groups (broad SMARTS) is 1. The second-order valence-electron chi connectivity index (χ2n) is 12.6. The smallest absolute Gasteiger partial charge is 0.323 e. The Morgan fingerprint density at radius 2 is 1.33 bits per heavy atom. The normalized spacial score (nSPS) is 19.4. The molecule has 0 saturated carbocycles. The maximum absolute atomic E-state index is 14.2. The largest absolute Gasteiger partial charge is 0.480 e. The summed E-state index contributed by atoms with van der Waals surface area (Å²) >= 11 is 0. The Hall–Kier alpha value is -4.33. The lowest BCUT2D eigenvalue weighted by atomic mass is 9.88. The molecular weight excluding hydrogens is 626 g/mol. The van der Waals surface area contributed by atoms with Gasteiger partial charge in [0.25, 0.3) is 0 Å². The van der Waals surface area contributed by atoms with Gasteiger partial charge in [0.1, 0.15) is 23.7 Å². The quantitative estimate of drug-likeness (QED) is 0.110. The van der Waals surface area contributed by atoms with Gasteiger partial charge >= 0.3 is 5.97 Å². The van der Waals surface area contributed by atoms with E-state index in [0.29, 0.717) is 19.4 Å². The van der Waals surface area contributed by atoms with Crippen LogP contribution in [0.3, 0.4) is 0 Å². The van der Waals surface area contributed by atoms with Gasteiger partial charge in [0.2, 0.25) is 23.6 Å². The van der Waals surface area contributed by atoms with Crippen molar-refractivity contribution in [3.8, 4) is 0 Å². The number of benzene rings is 2. The molecule has 0 unspecified atom stereocenters. The summed E-state index contributed by atoms with van der Waals surface area (Å²) in [6.07, 6.45) is -0.146. The van der Waals surface area contributed by atoms with E-state index in [9.17, 15) is 29.1 Å². The topological polar surface area (TPSA) is 223 Å². The lowest BCUT2D eigenvalue weighted by molar-refractivity contribution is -0.148. The third-order valence-electron chi connectivity index (χ3n) is 8.20. The number of carboxylic acids is 1. The molecule has 2 aromatic rings. The van der Waals surface area contributed by atoms with Crippen LogP contribution in [0.25, 0.3) is 0 Å². The number of unbranched alkanes of at least 4 members (excludes halogenated alkanes) is 1. The number of hydrogen-bond acceptors (Lipinski definition) is 8. The highest BCUT2D eigenvalue weighted by molar-refractivity contribution is 5.95. The van der Waals surface area contributed by atoms with E-state index in [1.807, 2.05) is 0 Å². The molecule has 3 rings (SSSR count). The van der Waals surface area contributed by atoms with Crippen molar-refractivity contribution in [1.82, 2.24) is 20.9 Å². The zero-order valence-electron chi connectivity index (χ0n) is 37.8. The molecule has 0 bridgehead atoms. The molecule has 1 saturated heterocycles. The minimum Gasteiger partial charge on any atom is -0.480 e. The summed E-state index contributed by atoms with van der Waals surface area (Å²) in [5.74, 6) is -4.78. The average molecular weight is 690 g/mol. The monoisotopic (exact) mass is 689 g/mol. The third-order valence-corrected chi connectivity index (χ3v) is 8.20. The van der Waals surface area contributed by atoms with Crippen LogP contribution in [0, 0.1) is 5.92 Å². The van der Waals surface area contributed by atoms with E-state index in [4.69, 9.17) is 30.9 Å². The second kappa shape index (κ2) is 19.0. The lowest BCUT2D eigenvalue weighted by Gasteiger charge is -2.38. The number of nitrogens with zero attached hydrogens (tertiary/aromatic N) is 1. The van der Waals surface area contributed by atoms with Crippen molar-refractivity contribution >= 4 is 29.6 Å². The molecule has 13 nitrogen and oxygen atoms in total. The zero-order chi connectivity index (χ0) is 44.7. The van der Waals surface area contributed by atoms with Gasteiger partial charge in [0.15, 0.2) is 0 Å². The molecule has 0 spiro atoms. The van der Waals surface area contributed by atoms with E-state index in [1.54, 1.807) is 13.8 Å². The standard InChI is InChI=1S/C36H53N7O6/c1-24(2)21-29(32(45)40-28(15-9-10-18-37)34(47)43-19-16-36(39,17-20-43)35(48)49)42-33(46)30(23-26-13-7-4-8-14-26)41-31(44)27(38)22-25-11-5-3-6-12-25/h3-8,11-14,24,27-30H,9-10,15-23,37-39H2,1-2H3,(H,40,45)(H,41,44)(H,42,46)(H,48,49)/t27-,28-,29-,30-/m1/s1/i3D,4D,5D,6D,7D,8D,11D,12D,13D,14D. The fraction of sp³-hybridized carbons (Fsp3) is 0.528. The van der Waals surface area contributed by atoms with Crippen molar-refractivity contribution in [3.63, 3.8) is 0 Å².